The van der Waals surface area contributed by atoms with Gasteiger partial charge in [0.1, 0.15) is 17.1 Å². The number of rotatable bonds is 4. The number of halogens is 2. The number of carbonyl (C=O) groups is 1. The molecule has 2 aliphatic heterocycles. The first-order valence-corrected chi connectivity index (χ1v) is 9.09. The highest BCUT2D eigenvalue weighted by molar-refractivity contribution is 7.98. The Bertz CT molecular complexity index is 625. The Morgan fingerprint density at radius 1 is 1.42 bits per heavy atom. The van der Waals surface area contributed by atoms with Gasteiger partial charge in [0.2, 0.25) is 0 Å². The van der Waals surface area contributed by atoms with Gasteiger partial charge in [-0.3, -0.25) is 4.90 Å². The monoisotopic (exact) mass is 362 g/mol. The summed E-state index contributed by atoms with van der Waals surface area (Å²) in [6, 6.07) is 0. The Hall–Kier alpha value is -1.19. The number of aromatic nitrogens is 1. The molecular weight excluding hydrogens is 342 g/mol. The van der Waals surface area contributed by atoms with Crippen molar-refractivity contribution in [1.82, 2.24) is 10.1 Å². The number of thioether (sulfide) groups is 1. The van der Waals surface area contributed by atoms with E-state index in [4.69, 9.17) is 9.63 Å². The predicted octanol–water partition coefficient (Wildman–Crippen LogP) is 1.90. The third-order valence-corrected chi connectivity index (χ3v) is 5.79. The van der Waals surface area contributed by atoms with Crippen molar-refractivity contribution in [1.29, 1.82) is 0 Å². The fourth-order valence-electron chi connectivity index (χ4n) is 3.26. The molecule has 2 N–H and O–H groups in total. The second-order valence-electron chi connectivity index (χ2n) is 6.37. The summed E-state index contributed by atoms with van der Waals surface area (Å²) in [4.78, 5) is 12.7. The summed E-state index contributed by atoms with van der Waals surface area (Å²) >= 11 is 1.81. The van der Waals surface area contributed by atoms with E-state index in [1.807, 2.05) is 4.90 Å². The fourth-order valence-corrected chi connectivity index (χ4v) is 4.27. The molecule has 0 spiro atoms. The Labute approximate surface area is 142 Å². The number of nitrogens with zero attached hydrogens (tertiary/aromatic N) is 2. The molecule has 3 rings (SSSR count). The molecule has 0 radical (unpaired) electrons. The summed E-state index contributed by atoms with van der Waals surface area (Å²) < 4.78 is 33.0. The van der Waals surface area contributed by atoms with Crippen molar-refractivity contribution in [2.75, 3.05) is 18.8 Å². The lowest BCUT2D eigenvalue weighted by Crippen LogP contribution is -2.53. The number of aryl methyl sites for hydroxylation is 1. The first-order chi connectivity index (χ1) is 11.3. The molecule has 1 saturated heterocycles. The zero-order valence-electron chi connectivity index (χ0n) is 13.1. The highest BCUT2D eigenvalue weighted by Gasteiger charge is 2.58. The zero-order chi connectivity index (χ0) is 17.4. The lowest BCUT2D eigenvalue weighted by atomic mass is 9.88. The zero-order valence-corrected chi connectivity index (χ0v) is 13.9. The molecule has 134 valence electrons. The number of alkyl halides is 2. The number of aliphatic hydroxyl groups is 1. The minimum Gasteiger partial charge on any atom is -0.477 e. The van der Waals surface area contributed by atoms with E-state index < -0.39 is 17.5 Å². The summed E-state index contributed by atoms with van der Waals surface area (Å²) in [6.45, 7) is 1.16. The van der Waals surface area contributed by atoms with Crippen LogP contribution in [-0.2, 0) is 23.5 Å². The molecule has 9 heteroatoms. The maximum atomic E-state index is 13.8. The average molecular weight is 362 g/mol. The lowest BCUT2D eigenvalue weighted by Gasteiger charge is -2.32. The number of aliphatic carboxylic acids is 1. The Balaban J connectivity index is 1.68. The van der Waals surface area contributed by atoms with Crippen molar-refractivity contribution < 1.29 is 28.3 Å². The van der Waals surface area contributed by atoms with E-state index in [0.29, 0.717) is 19.5 Å². The molecule has 1 aromatic rings. The van der Waals surface area contributed by atoms with Crippen LogP contribution >= 0.6 is 11.8 Å². The van der Waals surface area contributed by atoms with Crippen LogP contribution < -0.4 is 0 Å². The van der Waals surface area contributed by atoms with Crippen molar-refractivity contribution in [3.63, 3.8) is 0 Å². The normalized spacial score (nSPS) is 26.0. The van der Waals surface area contributed by atoms with Gasteiger partial charge in [0.25, 0.3) is 0 Å². The quantitative estimate of drug-likeness (QED) is 0.846. The van der Waals surface area contributed by atoms with Gasteiger partial charge >= 0.3 is 11.9 Å². The minimum absolute atomic E-state index is 0.189. The molecular formula is C15H20F2N2O4S. The van der Waals surface area contributed by atoms with E-state index in [-0.39, 0.29) is 19.4 Å². The van der Waals surface area contributed by atoms with Crippen LogP contribution in [-0.4, -0.2) is 56.6 Å². The van der Waals surface area contributed by atoms with Gasteiger partial charge in [0, 0.05) is 36.6 Å². The maximum absolute atomic E-state index is 13.8. The lowest BCUT2D eigenvalue weighted by molar-refractivity contribution is -0.211. The average Bonchev–Trinajstić information content (AvgIpc) is 2.84. The number of carboxylic acids is 1. The topological polar surface area (TPSA) is 86.8 Å². The standard InChI is InChI=1S/C15H20F2N2O4S/c16-15(17,13(20)21)14(22)3-1-5-19(6-4-14)8-11-10-9-24-7-2-12(10)23-18-11/h22H,1-9H2,(H,20,21). The molecule has 0 bridgehead atoms. The number of fused-ring (bicyclic) bond motifs is 1. The third kappa shape index (κ3) is 3.16. The third-order valence-electron chi connectivity index (χ3n) is 4.80. The van der Waals surface area contributed by atoms with Crippen molar-refractivity contribution in [3.05, 3.63) is 17.0 Å². The van der Waals surface area contributed by atoms with Gasteiger partial charge in [-0.25, -0.2) is 4.79 Å². The number of hydrogen-bond donors (Lipinski definition) is 2. The smallest absolute Gasteiger partial charge is 0.377 e. The summed E-state index contributed by atoms with van der Waals surface area (Å²) in [6.07, 6.45) is 0.614. The Kier molecular flexibility index (Phi) is 4.85. The van der Waals surface area contributed by atoms with Crippen LogP contribution in [0.25, 0.3) is 0 Å². The molecule has 0 amide bonds. The number of hydrogen-bond acceptors (Lipinski definition) is 6. The van der Waals surface area contributed by atoms with Crippen molar-refractivity contribution in [2.24, 2.45) is 0 Å². The summed E-state index contributed by atoms with van der Waals surface area (Å²) in [5.41, 5.74) is -0.610. The molecule has 0 aromatic carbocycles. The summed E-state index contributed by atoms with van der Waals surface area (Å²) in [7, 11) is 0. The Morgan fingerprint density at radius 2 is 2.21 bits per heavy atom. The molecule has 0 aliphatic carbocycles. The van der Waals surface area contributed by atoms with E-state index in [9.17, 15) is 18.7 Å². The van der Waals surface area contributed by atoms with E-state index in [0.717, 1.165) is 34.9 Å². The van der Waals surface area contributed by atoms with Crippen LogP contribution in [0.15, 0.2) is 4.52 Å². The number of carboxylic acid groups (broad SMARTS) is 1. The Morgan fingerprint density at radius 3 is 2.96 bits per heavy atom. The van der Waals surface area contributed by atoms with Crippen LogP contribution in [0.2, 0.25) is 0 Å². The first-order valence-electron chi connectivity index (χ1n) is 7.93. The molecule has 3 heterocycles. The maximum Gasteiger partial charge on any atom is 0.377 e. The van der Waals surface area contributed by atoms with E-state index in [1.54, 1.807) is 11.8 Å². The van der Waals surface area contributed by atoms with Gasteiger partial charge in [-0.1, -0.05) is 5.16 Å². The van der Waals surface area contributed by atoms with Crippen molar-refractivity contribution >= 4 is 17.7 Å². The minimum atomic E-state index is -4.15. The van der Waals surface area contributed by atoms with Crippen LogP contribution in [0.3, 0.4) is 0 Å². The highest BCUT2D eigenvalue weighted by atomic mass is 32.2. The van der Waals surface area contributed by atoms with Crippen LogP contribution in [0.1, 0.15) is 36.3 Å². The van der Waals surface area contributed by atoms with Crippen LogP contribution in [0.5, 0.6) is 0 Å². The summed E-state index contributed by atoms with van der Waals surface area (Å²) in [5, 5.41) is 23.0. The molecule has 1 atom stereocenters. The molecule has 1 unspecified atom stereocenters. The van der Waals surface area contributed by atoms with Crippen LogP contribution in [0, 0.1) is 0 Å². The van der Waals surface area contributed by atoms with Gasteiger partial charge in [0.05, 0.1) is 0 Å². The SMILES string of the molecule is O=C(O)C(F)(F)C1(O)CCCN(Cc2noc3c2CSCC3)CC1. The second-order valence-corrected chi connectivity index (χ2v) is 7.48. The van der Waals surface area contributed by atoms with Gasteiger partial charge in [-0.15, -0.1) is 0 Å². The van der Waals surface area contributed by atoms with E-state index in [2.05, 4.69) is 5.16 Å². The summed E-state index contributed by atoms with van der Waals surface area (Å²) in [5.74, 6) is -3.69. The van der Waals surface area contributed by atoms with Gasteiger partial charge < -0.3 is 14.7 Å². The first kappa shape index (κ1) is 17.6. The van der Waals surface area contributed by atoms with Crippen molar-refractivity contribution in [2.45, 2.75) is 49.5 Å². The van der Waals surface area contributed by atoms with Crippen LogP contribution in [0.4, 0.5) is 8.78 Å². The largest absolute Gasteiger partial charge is 0.477 e. The van der Waals surface area contributed by atoms with E-state index >= 15 is 0 Å². The fraction of sp³-hybridized carbons (Fsp3) is 0.733. The van der Waals surface area contributed by atoms with Crippen molar-refractivity contribution in [3.8, 4) is 0 Å². The molecule has 1 aromatic heterocycles. The van der Waals surface area contributed by atoms with Gasteiger partial charge in [-0.05, 0) is 25.8 Å². The molecule has 6 nitrogen and oxygen atoms in total. The predicted molar refractivity (Wildman–Crippen MR) is 83.0 cm³/mol. The highest BCUT2D eigenvalue weighted by Crippen LogP contribution is 2.38. The molecule has 2 aliphatic rings. The molecule has 1 fully saturated rings. The van der Waals surface area contributed by atoms with E-state index in [1.165, 1.54) is 0 Å². The molecule has 24 heavy (non-hydrogen) atoms. The number of likely N-dealkylation sites (tertiary alicyclic amines) is 1. The second kappa shape index (κ2) is 6.61. The van der Waals surface area contributed by atoms with Gasteiger partial charge in [0.15, 0.2) is 0 Å². The molecule has 0 saturated carbocycles. The van der Waals surface area contributed by atoms with Gasteiger partial charge in [-0.2, -0.15) is 20.5 Å².